The highest BCUT2D eigenvalue weighted by atomic mass is 32.2. The molecule has 6 heteroatoms. The van der Waals surface area contributed by atoms with Crippen LogP contribution in [0.25, 0.3) is 0 Å². The molecule has 5 nitrogen and oxygen atoms in total. The number of nitrogens with one attached hydrogen (secondary N) is 1. The van der Waals surface area contributed by atoms with E-state index < -0.39 is 10.2 Å². The van der Waals surface area contributed by atoms with Gasteiger partial charge in [-0.25, -0.2) is 0 Å². The number of nitrogens with zero attached hydrogens (tertiary/aromatic N) is 1. The third-order valence-corrected chi connectivity index (χ3v) is 5.69. The first kappa shape index (κ1) is 14.8. The molecule has 1 aromatic rings. The van der Waals surface area contributed by atoms with Gasteiger partial charge in [-0.3, -0.25) is 0 Å². The van der Waals surface area contributed by atoms with Gasteiger partial charge in [-0.05, 0) is 24.5 Å². The van der Waals surface area contributed by atoms with Gasteiger partial charge in [0.05, 0.1) is 0 Å². The van der Waals surface area contributed by atoms with Gasteiger partial charge in [-0.1, -0.05) is 31.0 Å². The molecule has 1 N–H and O–H groups in total. The van der Waals surface area contributed by atoms with Crippen LogP contribution in [-0.4, -0.2) is 38.5 Å². The molecule has 21 heavy (non-hydrogen) atoms. The Bertz CT molecular complexity index is 555. The second-order valence-electron chi connectivity index (χ2n) is 5.72. The molecule has 0 amide bonds. The minimum Gasteiger partial charge on any atom is -0.488 e. The fourth-order valence-corrected chi connectivity index (χ4v) is 4.26. The summed E-state index contributed by atoms with van der Waals surface area (Å²) in [5.74, 6) is 0.872. The van der Waals surface area contributed by atoms with Gasteiger partial charge in [-0.15, -0.1) is 0 Å². The van der Waals surface area contributed by atoms with E-state index >= 15 is 0 Å². The molecule has 2 heterocycles. The number of ether oxygens (including phenoxy) is 1. The molecular weight excluding hydrogens is 288 g/mol. The molecule has 2 aliphatic heterocycles. The summed E-state index contributed by atoms with van der Waals surface area (Å²) in [6, 6.07) is 7.87. The smallest absolute Gasteiger partial charge is 0.279 e. The van der Waals surface area contributed by atoms with E-state index in [0.29, 0.717) is 19.6 Å². The first-order valence-corrected chi connectivity index (χ1v) is 9.08. The molecule has 0 aliphatic carbocycles. The Balaban J connectivity index is 1.55. The highest BCUT2D eigenvalue weighted by Crippen LogP contribution is 2.27. The Kier molecular flexibility index (Phi) is 4.47. The molecule has 0 aromatic heterocycles. The van der Waals surface area contributed by atoms with Crippen molar-refractivity contribution in [2.45, 2.75) is 38.2 Å². The van der Waals surface area contributed by atoms with Crippen LogP contribution in [0.2, 0.25) is 0 Å². The van der Waals surface area contributed by atoms with E-state index in [1.165, 1.54) is 0 Å². The summed E-state index contributed by atoms with van der Waals surface area (Å²) in [6.45, 7) is 1.58. The second-order valence-corrected chi connectivity index (χ2v) is 7.47. The Hall–Kier alpha value is -1.11. The van der Waals surface area contributed by atoms with Crippen molar-refractivity contribution in [2.24, 2.45) is 0 Å². The summed E-state index contributed by atoms with van der Waals surface area (Å²) < 4.78 is 34.7. The predicted molar refractivity (Wildman–Crippen MR) is 81.5 cm³/mol. The fraction of sp³-hybridized carbons (Fsp3) is 0.600. The third kappa shape index (κ3) is 3.56. The van der Waals surface area contributed by atoms with E-state index in [1.54, 1.807) is 4.31 Å². The highest BCUT2D eigenvalue weighted by molar-refractivity contribution is 7.87. The maximum Gasteiger partial charge on any atom is 0.279 e. The lowest BCUT2D eigenvalue weighted by Crippen LogP contribution is -2.44. The molecule has 0 saturated carbocycles. The molecule has 2 aliphatic rings. The van der Waals surface area contributed by atoms with Crippen LogP contribution in [0.5, 0.6) is 5.75 Å². The Morgan fingerprint density at radius 1 is 1.14 bits per heavy atom. The number of hydrogen-bond acceptors (Lipinski definition) is 3. The predicted octanol–water partition coefficient (Wildman–Crippen LogP) is 1.70. The van der Waals surface area contributed by atoms with E-state index in [9.17, 15) is 8.42 Å². The standard InChI is InChI=1S/C15H22N2O3S/c18-21(19,17-9-5-1-2-6-10-17)16-12-14-11-13-7-3-4-8-15(13)20-14/h3-4,7-8,14,16H,1-2,5-6,9-12H2. The fourth-order valence-electron chi connectivity index (χ4n) is 2.94. The van der Waals surface area contributed by atoms with Crippen LogP contribution in [0.1, 0.15) is 31.2 Å². The summed E-state index contributed by atoms with van der Waals surface area (Å²) >= 11 is 0. The van der Waals surface area contributed by atoms with Gasteiger partial charge in [0.1, 0.15) is 11.9 Å². The van der Waals surface area contributed by atoms with Crippen molar-refractivity contribution >= 4 is 10.2 Å². The van der Waals surface area contributed by atoms with Gasteiger partial charge >= 0.3 is 0 Å². The highest BCUT2D eigenvalue weighted by Gasteiger charge is 2.27. The van der Waals surface area contributed by atoms with Gasteiger partial charge in [-0.2, -0.15) is 17.4 Å². The van der Waals surface area contributed by atoms with Crippen LogP contribution >= 0.6 is 0 Å². The minimum atomic E-state index is -3.38. The molecular formula is C15H22N2O3S. The molecule has 0 bridgehead atoms. The summed E-state index contributed by atoms with van der Waals surface area (Å²) in [5, 5.41) is 0. The Morgan fingerprint density at radius 3 is 2.57 bits per heavy atom. The molecule has 1 aromatic carbocycles. The lowest BCUT2D eigenvalue weighted by Gasteiger charge is -2.21. The zero-order chi connectivity index (χ0) is 14.7. The number of fused-ring (bicyclic) bond motifs is 1. The molecule has 0 radical (unpaired) electrons. The second kappa shape index (κ2) is 6.34. The summed E-state index contributed by atoms with van der Waals surface area (Å²) in [6.07, 6.45) is 4.79. The summed E-state index contributed by atoms with van der Waals surface area (Å²) in [5.41, 5.74) is 1.15. The average Bonchev–Trinajstić information content (AvgIpc) is 2.69. The Morgan fingerprint density at radius 2 is 1.86 bits per heavy atom. The molecule has 1 saturated heterocycles. The molecule has 1 fully saturated rings. The quantitative estimate of drug-likeness (QED) is 0.921. The minimum absolute atomic E-state index is 0.107. The van der Waals surface area contributed by atoms with E-state index in [-0.39, 0.29) is 6.10 Å². The third-order valence-electron chi connectivity index (χ3n) is 4.11. The van der Waals surface area contributed by atoms with Gasteiger partial charge in [0.15, 0.2) is 0 Å². The van der Waals surface area contributed by atoms with E-state index in [1.807, 2.05) is 24.3 Å². The van der Waals surface area contributed by atoms with Crippen molar-refractivity contribution in [3.63, 3.8) is 0 Å². The Labute approximate surface area is 126 Å². The van der Waals surface area contributed by atoms with Crippen molar-refractivity contribution in [1.82, 2.24) is 9.03 Å². The van der Waals surface area contributed by atoms with Gasteiger partial charge in [0, 0.05) is 26.1 Å². The number of benzene rings is 1. The lowest BCUT2D eigenvalue weighted by molar-refractivity contribution is 0.234. The van der Waals surface area contributed by atoms with E-state index in [0.717, 1.165) is 43.4 Å². The summed E-state index contributed by atoms with van der Waals surface area (Å²) in [7, 11) is -3.38. The zero-order valence-corrected chi connectivity index (χ0v) is 12.9. The maximum atomic E-state index is 12.3. The van der Waals surface area contributed by atoms with Gasteiger partial charge < -0.3 is 4.74 Å². The molecule has 116 valence electrons. The normalized spacial score (nSPS) is 23.3. The molecule has 1 unspecified atom stereocenters. The van der Waals surface area contributed by atoms with Crippen molar-refractivity contribution in [1.29, 1.82) is 0 Å². The number of hydrogen-bond donors (Lipinski definition) is 1. The van der Waals surface area contributed by atoms with Crippen LogP contribution in [0.4, 0.5) is 0 Å². The zero-order valence-electron chi connectivity index (χ0n) is 12.1. The number of rotatable bonds is 4. The van der Waals surface area contributed by atoms with E-state index in [4.69, 9.17) is 4.74 Å². The van der Waals surface area contributed by atoms with Crippen LogP contribution < -0.4 is 9.46 Å². The van der Waals surface area contributed by atoms with Crippen molar-refractivity contribution < 1.29 is 13.2 Å². The number of para-hydroxylation sites is 1. The topological polar surface area (TPSA) is 58.6 Å². The maximum absolute atomic E-state index is 12.3. The average molecular weight is 310 g/mol. The van der Waals surface area contributed by atoms with Crippen LogP contribution in [0, 0.1) is 0 Å². The van der Waals surface area contributed by atoms with Crippen LogP contribution in [-0.2, 0) is 16.6 Å². The van der Waals surface area contributed by atoms with Crippen LogP contribution in [0.15, 0.2) is 24.3 Å². The van der Waals surface area contributed by atoms with E-state index in [2.05, 4.69) is 4.72 Å². The first-order chi connectivity index (χ1) is 10.1. The molecule has 3 rings (SSSR count). The summed E-state index contributed by atoms with van der Waals surface area (Å²) in [4.78, 5) is 0. The molecule has 0 spiro atoms. The SMILES string of the molecule is O=S(=O)(NCC1Cc2ccccc2O1)N1CCCCCC1. The van der Waals surface area contributed by atoms with Crippen molar-refractivity contribution in [2.75, 3.05) is 19.6 Å². The molecule has 1 atom stereocenters. The first-order valence-electron chi connectivity index (χ1n) is 7.64. The van der Waals surface area contributed by atoms with Crippen molar-refractivity contribution in [3.8, 4) is 5.75 Å². The largest absolute Gasteiger partial charge is 0.488 e. The van der Waals surface area contributed by atoms with Gasteiger partial charge in [0.2, 0.25) is 0 Å². The monoisotopic (exact) mass is 310 g/mol. The van der Waals surface area contributed by atoms with Gasteiger partial charge in [0.25, 0.3) is 10.2 Å². The lowest BCUT2D eigenvalue weighted by atomic mass is 10.1. The van der Waals surface area contributed by atoms with Crippen LogP contribution in [0.3, 0.4) is 0 Å². The van der Waals surface area contributed by atoms with Crippen molar-refractivity contribution in [3.05, 3.63) is 29.8 Å².